The number of aromatic amines is 2. The van der Waals surface area contributed by atoms with Crippen molar-refractivity contribution < 1.29 is 24.3 Å². The van der Waals surface area contributed by atoms with Gasteiger partial charge in [0.25, 0.3) is 0 Å². The van der Waals surface area contributed by atoms with E-state index in [0.29, 0.717) is 17.8 Å². The maximum Gasteiger partial charge on any atom is 0.326 e. The number of nitrogens with one attached hydrogen (secondary N) is 6. The zero-order valence-corrected chi connectivity index (χ0v) is 20.4. The van der Waals surface area contributed by atoms with Gasteiger partial charge in [0.1, 0.15) is 18.1 Å². The lowest BCUT2D eigenvalue weighted by molar-refractivity contribution is -0.142. The summed E-state index contributed by atoms with van der Waals surface area (Å²) in [5, 5.41) is 20.7. The molecule has 0 radical (unpaired) electrons. The lowest BCUT2D eigenvalue weighted by Crippen LogP contribution is -2.58. The number of aliphatic carboxylic acids is 1. The summed E-state index contributed by atoms with van der Waals surface area (Å²) >= 11 is 0. The zero-order valence-electron chi connectivity index (χ0n) is 20.4. The number of nitrogens with zero attached hydrogens (tertiary/aromatic N) is 2. The highest BCUT2D eigenvalue weighted by atomic mass is 16.4. The van der Waals surface area contributed by atoms with Gasteiger partial charge in [-0.15, -0.1) is 0 Å². The Bertz CT molecular complexity index is 1000. The van der Waals surface area contributed by atoms with Crippen LogP contribution in [0.1, 0.15) is 44.5 Å². The molecule has 13 heteroatoms. The third-order valence-electron chi connectivity index (χ3n) is 5.92. The summed E-state index contributed by atoms with van der Waals surface area (Å²) in [4.78, 5) is 64.6. The predicted molar refractivity (Wildman–Crippen MR) is 128 cm³/mol. The van der Waals surface area contributed by atoms with E-state index in [2.05, 4.69) is 41.2 Å². The van der Waals surface area contributed by atoms with Crippen molar-refractivity contribution >= 4 is 23.7 Å². The number of hydrogen-bond donors (Lipinski definition) is 7. The highest BCUT2D eigenvalue weighted by molar-refractivity contribution is 5.94. The fourth-order valence-electron chi connectivity index (χ4n) is 4.07. The van der Waals surface area contributed by atoms with Gasteiger partial charge in [0.2, 0.25) is 17.7 Å². The van der Waals surface area contributed by atoms with E-state index in [0.717, 1.165) is 13.0 Å². The van der Waals surface area contributed by atoms with Crippen LogP contribution in [0.25, 0.3) is 0 Å². The van der Waals surface area contributed by atoms with Crippen LogP contribution in [0.2, 0.25) is 0 Å². The molecular formula is C23H34N8O5. The van der Waals surface area contributed by atoms with Crippen molar-refractivity contribution in [2.75, 3.05) is 6.54 Å². The first-order chi connectivity index (χ1) is 17.2. The summed E-state index contributed by atoms with van der Waals surface area (Å²) in [5.41, 5.74) is 1.21. The van der Waals surface area contributed by atoms with Crippen LogP contribution in [0.15, 0.2) is 25.0 Å². The molecule has 3 amide bonds. The Balaban J connectivity index is 1.76. The van der Waals surface area contributed by atoms with Gasteiger partial charge in [-0.05, 0) is 31.7 Å². The van der Waals surface area contributed by atoms with Gasteiger partial charge in [-0.2, -0.15) is 0 Å². The molecule has 0 saturated carbocycles. The Morgan fingerprint density at radius 1 is 0.944 bits per heavy atom. The van der Waals surface area contributed by atoms with Crippen molar-refractivity contribution in [1.82, 2.24) is 41.2 Å². The van der Waals surface area contributed by atoms with Gasteiger partial charge >= 0.3 is 5.97 Å². The summed E-state index contributed by atoms with van der Waals surface area (Å²) in [5.74, 6) is -2.65. The molecule has 3 heterocycles. The van der Waals surface area contributed by atoms with Crippen LogP contribution in [0, 0.1) is 5.92 Å². The van der Waals surface area contributed by atoms with Gasteiger partial charge in [0, 0.05) is 36.6 Å². The van der Waals surface area contributed by atoms with Crippen molar-refractivity contribution in [3.8, 4) is 0 Å². The fraction of sp³-hybridized carbons (Fsp3) is 0.565. The number of H-pyrrole nitrogens is 2. The molecule has 0 bridgehead atoms. The van der Waals surface area contributed by atoms with Crippen LogP contribution in [-0.4, -0.2) is 79.4 Å². The monoisotopic (exact) mass is 502 g/mol. The lowest BCUT2D eigenvalue weighted by atomic mass is 10.0. The van der Waals surface area contributed by atoms with Crippen molar-refractivity contribution in [1.29, 1.82) is 0 Å². The summed E-state index contributed by atoms with van der Waals surface area (Å²) < 4.78 is 0. The molecule has 4 atom stereocenters. The Kier molecular flexibility index (Phi) is 9.56. The van der Waals surface area contributed by atoms with Crippen LogP contribution in [0.4, 0.5) is 0 Å². The Morgan fingerprint density at radius 3 is 1.94 bits per heavy atom. The number of hydrogen-bond acceptors (Lipinski definition) is 7. The second-order valence-corrected chi connectivity index (χ2v) is 9.36. The maximum atomic E-state index is 13.4. The third kappa shape index (κ3) is 7.90. The largest absolute Gasteiger partial charge is 0.480 e. The van der Waals surface area contributed by atoms with Gasteiger partial charge in [0.05, 0.1) is 18.7 Å². The minimum Gasteiger partial charge on any atom is -0.480 e. The smallest absolute Gasteiger partial charge is 0.326 e. The minimum atomic E-state index is -1.16. The zero-order chi connectivity index (χ0) is 26.1. The van der Waals surface area contributed by atoms with Gasteiger partial charge in [-0.3, -0.25) is 14.4 Å². The summed E-state index contributed by atoms with van der Waals surface area (Å²) in [6.45, 7) is 4.44. The highest BCUT2D eigenvalue weighted by Crippen LogP contribution is 2.09. The molecular weight excluding hydrogens is 468 g/mol. The first-order valence-corrected chi connectivity index (χ1v) is 12.0. The molecule has 0 aromatic carbocycles. The average molecular weight is 503 g/mol. The fourth-order valence-corrected chi connectivity index (χ4v) is 4.07. The average Bonchev–Trinajstić information content (AvgIpc) is 3.61. The molecule has 3 rings (SSSR count). The van der Waals surface area contributed by atoms with Crippen LogP contribution in [-0.2, 0) is 32.0 Å². The first-order valence-electron chi connectivity index (χ1n) is 12.0. The third-order valence-corrected chi connectivity index (χ3v) is 5.92. The number of carboxylic acid groups (broad SMARTS) is 1. The predicted octanol–water partition coefficient (Wildman–Crippen LogP) is -0.745. The molecule has 7 N–H and O–H groups in total. The standard InChI is InChI=1S/C23H34N8O5/c1-13(2)6-19(23(35)36)31-22(34)18(8-15-10-25-12-28-15)30-21(33)17(7-14-9-24-11-27-14)29-20(32)16-4-3-5-26-16/h9-13,16-19,26H,3-8H2,1-2H3,(H,24,27)(H,25,28)(H,29,32)(H,30,33)(H,31,34)(H,35,36). The Morgan fingerprint density at radius 2 is 1.50 bits per heavy atom. The molecule has 4 unspecified atom stereocenters. The van der Waals surface area contributed by atoms with E-state index in [1.165, 1.54) is 18.9 Å². The van der Waals surface area contributed by atoms with Gasteiger partial charge in [-0.1, -0.05) is 13.8 Å². The van der Waals surface area contributed by atoms with Crippen molar-refractivity contribution in [3.63, 3.8) is 0 Å². The first kappa shape index (κ1) is 26.9. The van der Waals surface area contributed by atoms with E-state index in [1.807, 2.05) is 13.8 Å². The lowest BCUT2D eigenvalue weighted by Gasteiger charge is -2.25. The number of carboxylic acids is 1. The molecule has 13 nitrogen and oxygen atoms in total. The molecule has 0 spiro atoms. The number of imidazole rings is 2. The Hall–Kier alpha value is -3.74. The van der Waals surface area contributed by atoms with Crippen LogP contribution in [0.3, 0.4) is 0 Å². The number of amides is 3. The number of aromatic nitrogens is 4. The second-order valence-electron chi connectivity index (χ2n) is 9.36. The normalized spacial score (nSPS) is 17.8. The van der Waals surface area contributed by atoms with Crippen molar-refractivity contribution in [2.24, 2.45) is 5.92 Å². The number of carbonyl (C=O) groups is 4. The van der Waals surface area contributed by atoms with Crippen LogP contribution in [0.5, 0.6) is 0 Å². The molecule has 1 aliphatic rings. The molecule has 2 aromatic heterocycles. The van der Waals surface area contributed by atoms with Crippen molar-refractivity contribution in [2.45, 2.75) is 70.1 Å². The molecule has 36 heavy (non-hydrogen) atoms. The van der Waals surface area contributed by atoms with E-state index >= 15 is 0 Å². The minimum absolute atomic E-state index is 0.0326. The summed E-state index contributed by atoms with van der Waals surface area (Å²) in [7, 11) is 0. The van der Waals surface area contributed by atoms with Crippen molar-refractivity contribution in [3.05, 3.63) is 36.4 Å². The van der Waals surface area contributed by atoms with Crippen LogP contribution < -0.4 is 21.3 Å². The SMILES string of the molecule is CC(C)CC(NC(=O)C(Cc1cnc[nH]1)NC(=O)C(Cc1cnc[nH]1)NC(=O)C1CCCN1)C(=O)O. The molecule has 2 aromatic rings. The maximum absolute atomic E-state index is 13.4. The second kappa shape index (κ2) is 12.8. The van der Waals surface area contributed by atoms with Gasteiger partial charge in [-0.25, -0.2) is 14.8 Å². The summed E-state index contributed by atoms with van der Waals surface area (Å²) in [6, 6.07) is -3.58. The van der Waals surface area contributed by atoms with Gasteiger partial charge < -0.3 is 36.3 Å². The topological polar surface area (TPSA) is 194 Å². The van der Waals surface area contributed by atoms with Gasteiger partial charge in [0.15, 0.2) is 0 Å². The van der Waals surface area contributed by atoms with E-state index in [4.69, 9.17) is 0 Å². The Labute approximate surface area is 208 Å². The van der Waals surface area contributed by atoms with E-state index in [1.54, 1.807) is 6.20 Å². The number of carbonyl (C=O) groups excluding carboxylic acids is 3. The quantitative estimate of drug-likeness (QED) is 0.186. The van der Waals surface area contributed by atoms with E-state index in [9.17, 15) is 24.3 Å². The number of rotatable bonds is 13. The van der Waals surface area contributed by atoms with E-state index in [-0.39, 0.29) is 31.1 Å². The molecule has 0 aliphatic carbocycles. The van der Waals surface area contributed by atoms with E-state index < -0.39 is 42.0 Å². The molecule has 1 aliphatic heterocycles. The molecule has 1 fully saturated rings. The molecule has 1 saturated heterocycles. The van der Waals surface area contributed by atoms with Crippen LogP contribution >= 0.6 is 0 Å². The highest BCUT2D eigenvalue weighted by Gasteiger charge is 2.32. The molecule has 196 valence electrons. The summed E-state index contributed by atoms with van der Waals surface area (Å²) in [6.07, 6.45) is 7.95.